The predicted octanol–water partition coefficient (Wildman–Crippen LogP) is 4.61. The number of hydrogen-bond donors (Lipinski definition) is 1. The Bertz CT molecular complexity index is 938. The van der Waals surface area contributed by atoms with Crippen LogP contribution in [0.15, 0.2) is 65.8 Å². The third kappa shape index (κ3) is 4.17. The van der Waals surface area contributed by atoms with Crippen LogP contribution in [0.3, 0.4) is 0 Å². The standard InChI is InChI=1S/C20H17IN2O2/c1-2-25-19-11-10-14-6-3-4-9-17(14)18(19)13-22-23-20(24)15-7-5-8-16(21)12-15/h3-13H,2H2,1H3,(H,23,24)/b22-13+. The van der Waals surface area contributed by atoms with E-state index in [4.69, 9.17) is 4.74 Å². The molecule has 1 N–H and O–H groups in total. The second kappa shape index (κ2) is 8.11. The average Bonchev–Trinajstić information content (AvgIpc) is 2.63. The monoisotopic (exact) mass is 444 g/mol. The first kappa shape index (κ1) is 17.4. The van der Waals surface area contributed by atoms with Gasteiger partial charge in [0.05, 0.1) is 12.8 Å². The van der Waals surface area contributed by atoms with Crippen LogP contribution < -0.4 is 10.2 Å². The molecule has 0 atom stereocenters. The van der Waals surface area contributed by atoms with E-state index in [1.807, 2.05) is 61.5 Å². The smallest absolute Gasteiger partial charge is 0.271 e. The Balaban J connectivity index is 1.87. The molecule has 126 valence electrons. The summed E-state index contributed by atoms with van der Waals surface area (Å²) >= 11 is 2.17. The topological polar surface area (TPSA) is 50.7 Å². The molecule has 0 fully saturated rings. The number of fused-ring (bicyclic) bond motifs is 1. The third-order valence-electron chi connectivity index (χ3n) is 3.68. The Morgan fingerprint density at radius 3 is 2.80 bits per heavy atom. The molecule has 3 rings (SSSR count). The molecule has 0 unspecified atom stereocenters. The number of hydrogen-bond acceptors (Lipinski definition) is 3. The maximum atomic E-state index is 12.2. The molecule has 25 heavy (non-hydrogen) atoms. The number of benzene rings is 3. The number of rotatable bonds is 5. The van der Waals surface area contributed by atoms with Crippen molar-refractivity contribution in [2.24, 2.45) is 5.10 Å². The van der Waals surface area contributed by atoms with E-state index >= 15 is 0 Å². The van der Waals surface area contributed by atoms with Crippen molar-refractivity contribution in [3.63, 3.8) is 0 Å². The van der Waals surface area contributed by atoms with Gasteiger partial charge in [-0.2, -0.15) is 5.10 Å². The van der Waals surface area contributed by atoms with Crippen LogP contribution in [0.4, 0.5) is 0 Å². The molecule has 0 aliphatic carbocycles. The number of amides is 1. The molecular formula is C20H17IN2O2. The number of nitrogens with zero attached hydrogens (tertiary/aromatic N) is 1. The molecule has 0 spiro atoms. The van der Waals surface area contributed by atoms with Crippen molar-refractivity contribution in [2.75, 3.05) is 6.61 Å². The SMILES string of the molecule is CCOc1ccc2ccccc2c1/C=N/NC(=O)c1cccc(I)c1. The summed E-state index contributed by atoms with van der Waals surface area (Å²) in [5, 5.41) is 6.26. The van der Waals surface area contributed by atoms with E-state index in [1.54, 1.807) is 12.3 Å². The van der Waals surface area contributed by atoms with Crippen LogP contribution >= 0.6 is 22.6 Å². The summed E-state index contributed by atoms with van der Waals surface area (Å²) in [6.45, 7) is 2.50. The van der Waals surface area contributed by atoms with E-state index in [2.05, 4.69) is 33.1 Å². The van der Waals surface area contributed by atoms with Crippen molar-refractivity contribution in [3.8, 4) is 5.75 Å². The summed E-state index contributed by atoms with van der Waals surface area (Å²) in [4.78, 5) is 12.2. The fourth-order valence-corrected chi connectivity index (χ4v) is 3.08. The van der Waals surface area contributed by atoms with Crippen LogP contribution in [0.2, 0.25) is 0 Å². The molecule has 3 aromatic rings. The van der Waals surface area contributed by atoms with Crippen LogP contribution in [-0.2, 0) is 0 Å². The molecule has 0 bridgehead atoms. The van der Waals surface area contributed by atoms with E-state index in [0.717, 1.165) is 25.7 Å². The summed E-state index contributed by atoms with van der Waals surface area (Å²) in [6, 6.07) is 19.3. The molecule has 0 aliphatic rings. The van der Waals surface area contributed by atoms with Gasteiger partial charge in [-0.25, -0.2) is 5.43 Å². The first-order valence-electron chi connectivity index (χ1n) is 7.92. The molecular weight excluding hydrogens is 427 g/mol. The average molecular weight is 444 g/mol. The normalized spacial score (nSPS) is 11.0. The van der Waals surface area contributed by atoms with Gasteiger partial charge >= 0.3 is 0 Å². The van der Waals surface area contributed by atoms with Crippen molar-refractivity contribution >= 4 is 45.5 Å². The van der Waals surface area contributed by atoms with Crippen molar-refractivity contribution < 1.29 is 9.53 Å². The first-order chi connectivity index (χ1) is 12.2. The van der Waals surface area contributed by atoms with E-state index < -0.39 is 0 Å². The Kier molecular flexibility index (Phi) is 5.65. The van der Waals surface area contributed by atoms with Gasteiger partial charge in [0.25, 0.3) is 5.91 Å². The second-order valence-electron chi connectivity index (χ2n) is 5.34. The highest BCUT2D eigenvalue weighted by atomic mass is 127. The van der Waals surface area contributed by atoms with Crippen molar-refractivity contribution in [3.05, 3.63) is 75.4 Å². The van der Waals surface area contributed by atoms with Gasteiger partial charge < -0.3 is 4.74 Å². The quantitative estimate of drug-likeness (QED) is 0.355. The zero-order valence-electron chi connectivity index (χ0n) is 13.7. The van der Waals surface area contributed by atoms with E-state index in [1.165, 1.54) is 0 Å². The molecule has 4 nitrogen and oxygen atoms in total. The minimum atomic E-state index is -0.243. The zero-order chi connectivity index (χ0) is 17.6. The molecule has 0 radical (unpaired) electrons. The molecule has 1 amide bonds. The predicted molar refractivity (Wildman–Crippen MR) is 109 cm³/mol. The Morgan fingerprint density at radius 1 is 1.16 bits per heavy atom. The minimum Gasteiger partial charge on any atom is -0.493 e. The highest BCUT2D eigenvalue weighted by Gasteiger charge is 2.08. The van der Waals surface area contributed by atoms with Crippen LogP contribution in [0.1, 0.15) is 22.8 Å². The van der Waals surface area contributed by atoms with Gasteiger partial charge in [-0.1, -0.05) is 36.4 Å². The van der Waals surface area contributed by atoms with Gasteiger partial charge in [0.2, 0.25) is 0 Å². The maximum absolute atomic E-state index is 12.2. The minimum absolute atomic E-state index is 0.243. The van der Waals surface area contributed by atoms with Gasteiger partial charge in [0.15, 0.2) is 0 Å². The number of halogens is 1. The van der Waals surface area contributed by atoms with Crippen LogP contribution in [0, 0.1) is 3.57 Å². The summed E-state index contributed by atoms with van der Waals surface area (Å²) in [6.07, 6.45) is 1.64. The highest BCUT2D eigenvalue weighted by Crippen LogP contribution is 2.26. The van der Waals surface area contributed by atoms with Gasteiger partial charge in [-0.05, 0) is 64.6 Å². The molecule has 0 saturated carbocycles. The summed E-state index contributed by atoms with van der Waals surface area (Å²) in [5.41, 5.74) is 4.01. The fourth-order valence-electron chi connectivity index (χ4n) is 2.54. The van der Waals surface area contributed by atoms with Gasteiger partial charge in [-0.3, -0.25) is 4.79 Å². The zero-order valence-corrected chi connectivity index (χ0v) is 15.9. The number of carbonyl (C=O) groups is 1. The van der Waals surface area contributed by atoms with E-state index in [0.29, 0.717) is 12.2 Å². The molecule has 0 aliphatic heterocycles. The highest BCUT2D eigenvalue weighted by molar-refractivity contribution is 14.1. The van der Waals surface area contributed by atoms with E-state index in [-0.39, 0.29) is 5.91 Å². The summed E-state index contributed by atoms with van der Waals surface area (Å²) in [5.74, 6) is 0.501. The van der Waals surface area contributed by atoms with Crippen LogP contribution in [-0.4, -0.2) is 18.7 Å². The Labute approximate surface area is 160 Å². The number of ether oxygens (including phenoxy) is 1. The van der Waals surface area contributed by atoms with Gasteiger partial charge in [0.1, 0.15) is 5.75 Å². The van der Waals surface area contributed by atoms with E-state index in [9.17, 15) is 4.79 Å². The third-order valence-corrected chi connectivity index (χ3v) is 4.35. The Hall–Kier alpha value is -2.41. The lowest BCUT2D eigenvalue weighted by Gasteiger charge is -2.10. The van der Waals surface area contributed by atoms with Crippen molar-refractivity contribution in [1.82, 2.24) is 5.43 Å². The van der Waals surface area contributed by atoms with Crippen molar-refractivity contribution in [1.29, 1.82) is 0 Å². The maximum Gasteiger partial charge on any atom is 0.271 e. The molecule has 0 heterocycles. The molecule has 0 aromatic heterocycles. The first-order valence-corrected chi connectivity index (χ1v) is 9.00. The number of carbonyl (C=O) groups excluding carboxylic acids is 1. The molecule has 5 heteroatoms. The summed E-state index contributed by atoms with van der Waals surface area (Å²) in [7, 11) is 0. The lowest BCUT2D eigenvalue weighted by molar-refractivity contribution is 0.0955. The Morgan fingerprint density at radius 2 is 2.00 bits per heavy atom. The number of nitrogens with one attached hydrogen (secondary N) is 1. The molecule has 0 saturated heterocycles. The van der Waals surface area contributed by atoms with Crippen molar-refractivity contribution in [2.45, 2.75) is 6.92 Å². The van der Waals surface area contributed by atoms with Gasteiger partial charge in [-0.15, -0.1) is 0 Å². The lowest BCUT2D eigenvalue weighted by Crippen LogP contribution is -2.17. The lowest BCUT2D eigenvalue weighted by atomic mass is 10.0. The molecule has 3 aromatic carbocycles. The van der Waals surface area contributed by atoms with Gasteiger partial charge in [0, 0.05) is 14.7 Å². The summed E-state index contributed by atoms with van der Waals surface area (Å²) < 4.78 is 6.70. The van der Waals surface area contributed by atoms with Crippen LogP contribution in [0.5, 0.6) is 5.75 Å². The number of hydrazone groups is 1. The second-order valence-corrected chi connectivity index (χ2v) is 6.59. The fraction of sp³-hybridized carbons (Fsp3) is 0.100. The van der Waals surface area contributed by atoms with Crippen LogP contribution in [0.25, 0.3) is 10.8 Å². The largest absolute Gasteiger partial charge is 0.493 e.